The Labute approximate surface area is 117 Å². The number of aliphatic hydroxyl groups excluding tert-OH is 1. The molecule has 2 N–H and O–H groups in total. The number of hydrogen-bond donors (Lipinski definition) is 2. The molecule has 19 heavy (non-hydrogen) atoms. The van der Waals surface area contributed by atoms with Crippen LogP contribution in [-0.2, 0) is 0 Å². The van der Waals surface area contributed by atoms with Crippen LogP contribution in [0.1, 0.15) is 38.7 Å². The first-order valence-corrected chi connectivity index (χ1v) is 7.15. The van der Waals surface area contributed by atoms with Gasteiger partial charge in [-0.25, -0.2) is 0 Å². The van der Waals surface area contributed by atoms with Gasteiger partial charge in [0.1, 0.15) is 5.75 Å². The second kappa shape index (κ2) is 8.18. The zero-order valence-corrected chi connectivity index (χ0v) is 12.4. The number of ether oxygens (including phenoxy) is 1. The maximum atomic E-state index is 9.46. The minimum atomic E-state index is -0.188. The smallest absolute Gasteiger partial charge is 0.119 e. The van der Waals surface area contributed by atoms with E-state index in [1.807, 2.05) is 12.1 Å². The minimum absolute atomic E-state index is 0.164. The van der Waals surface area contributed by atoms with Crippen molar-refractivity contribution in [1.82, 2.24) is 5.32 Å². The maximum absolute atomic E-state index is 9.46. The van der Waals surface area contributed by atoms with Crippen molar-refractivity contribution in [3.8, 4) is 5.75 Å². The minimum Gasteiger partial charge on any atom is -0.494 e. The van der Waals surface area contributed by atoms with Gasteiger partial charge in [-0.3, -0.25) is 0 Å². The summed E-state index contributed by atoms with van der Waals surface area (Å²) >= 11 is 0. The Morgan fingerprint density at radius 2 is 1.95 bits per heavy atom. The number of benzene rings is 1. The first-order chi connectivity index (χ1) is 9.09. The van der Waals surface area contributed by atoms with Crippen molar-refractivity contribution in [2.45, 2.75) is 45.6 Å². The second-order valence-corrected chi connectivity index (χ2v) is 5.41. The van der Waals surface area contributed by atoms with E-state index in [9.17, 15) is 5.11 Å². The van der Waals surface area contributed by atoms with Gasteiger partial charge >= 0.3 is 0 Å². The summed E-state index contributed by atoms with van der Waals surface area (Å²) in [5.74, 6) is 0.915. The summed E-state index contributed by atoms with van der Waals surface area (Å²) in [6, 6.07) is 8.10. The number of hydrogen-bond acceptors (Lipinski definition) is 3. The lowest BCUT2D eigenvalue weighted by molar-refractivity contribution is 0.156. The summed E-state index contributed by atoms with van der Waals surface area (Å²) in [6.45, 7) is 8.05. The van der Waals surface area contributed by atoms with Gasteiger partial charge in [0, 0.05) is 5.54 Å². The van der Waals surface area contributed by atoms with E-state index < -0.39 is 0 Å². The molecule has 0 spiro atoms. The fourth-order valence-corrected chi connectivity index (χ4v) is 1.94. The second-order valence-electron chi connectivity index (χ2n) is 5.41. The van der Waals surface area contributed by atoms with Crippen LogP contribution in [0.3, 0.4) is 0 Å². The van der Waals surface area contributed by atoms with Crippen molar-refractivity contribution in [1.29, 1.82) is 0 Å². The predicted octanol–water partition coefficient (Wildman–Crippen LogP) is 2.90. The van der Waals surface area contributed by atoms with Gasteiger partial charge in [-0.2, -0.15) is 0 Å². The number of nitrogens with one attached hydrogen (secondary N) is 1. The molecule has 1 aromatic rings. The van der Waals surface area contributed by atoms with Gasteiger partial charge in [0.05, 0.1) is 13.2 Å². The van der Waals surface area contributed by atoms with E-state index in [0.29, 0.717) is 6.61 Å². The number of rotatable bonds is 9. The average Bonchev–Trinajstić information content (AvgIpc) is 2.43. The van der Waals surface area contributed by atoms with E-state index in [-0.39, 0.29) is 12.1 Å². The molecule has 0 saturated carbocycles. The van der Waals surface area contributed by atoms with Crippen molar-refractivity contribution in [3.05, 3.63) is 29.8 Å². The highest BCUT2D eigenvalue weighted by molar-refractivity contribution is 5.26. The van der Waals surface area contributed by atoms with Crippen molar-refractivity contribution in [3.63, 3.8) is 0 Å². The number of aliphatic hydroxyl groups is 1. The molecule has 0 fully saturated rings. The van der Waals surface area contributed by atoms with E-state index >= 15 is 0 Å². The zero-order chi connectivity index (χ0) is 14.1. The average molecular weight is 265 g/mol. The first kappa shape index (κ1) is 16.0. The SMILES string of the molecule is CCCNC(C)(CO)CCCOc1ccc(C)cc1. The molecule has 0 radical (unpaired) electrons. The molecule has 1 aromatic carbocycles. The molecule has 0 aromatic heterocycles. The molecule has 1 rings (SSSR count). The lowest BCUT2D eigenvalue weighted by Crippen LogP contribution is -2.46. The van der Waals surface area contributed by atoms with E-state index in [1.165, 1.54) is 5.56 Å². The maximum Gasteiger partial charge on any atom is 0.119 e. The van der Waals surface area contributed by atoms with Crippen molar-refractivity contribution < 1.29 is 9.84 Å². The van der Waals surface area contributed by atoms with Crippen molar-refractivity contribution >= 4 is 0 Å². The Morgan fingerprint density at radius 1 is 1.26 bits per heavy atom. The largest absolute Gasteiger partial charge is 0.494 e. The van der Waals surface area contributed by atoms with Crippen LogP contribution >= 0.6 is 0 Å². The molecule has 3 nitrogen and oxygen atoms in total. The van der Waals surface area contributed by atoms with Gasteiger partial charge in [0.15, 0.2) is 0 Å². The zero-order valence-electron chi connectivity index (χ0n) is 12.4. The molecular weight excluding hydrogens is 238 g/mol. The standard InChI is InChI=1S/C16H27NO2/c1-4-11-17-16(3,13-18)10-5-12-19-15-8-6-14(2)7-9-15/h6-9,17-18H,4-5,10-13H2,1-3H3. The Hall–Kier alpha value is -1.06. The number of aryl methyl sites for hydroxylation is 1. The quantitative estimate of drug-likeness (QED) is 0.675. The molecule has 1 unspecified atom stereocenters. The van der Waals surface area contributed by atoms with Crippen LogP contribution in [-0.4, -0.2) is 30.4 Å². The predicted molar refractivity (Wildman–Crippen MR) is 79.7 cm³/mol. The van der Waals surface area contributed by atoms with Crippen LogP contribution < -0.4 is 10.1 Å². The van der Waals surface area contributed by atoms with E-state index in [0.717, 1.165) is 31.6 Å². The van der Waals surface area contributed by atoms with E-state index in [1.54, 1.807) is 0 Å². The van der Waals surface area contributed by atoms with Crippen LogP contribution in [0.4, 0.5) is 0 Å². The van der Waals surface area contributed by atoms with Crippen LogP contribution in [0.25, 0.3) is 0 Å². The summed E-state index contributed by atoms with van der Waals surface area (Å²) in [5.41, 5.74) is 1.05. The highest BCUT2D eigenvalue weighted by Crippen LogP contribution is 2.15. The third-order valence-corrected chi connectivity index (χ3v) is 3.31. The topological polar surface area (TPSA) is 41.5 Å². The molecule has 0 aliphatic rings. The monoisotopic (exact) mass is 265 g/mol. The third kappa shape index (κ3) is 6.08. The Kier molecular flexibility index (Phi) is 6.89. The molecule has 108 valence electrons. The first-order valence-electron chi connectivity index (χ1n) is 7.15. The van der Waals surface area contributed by atoms with Gasteiger partial charge in [-0.05, 0) is 51.8 Å². The van der Waals surface area contributed by atoms with Crippen LogP contribution in [0.2, 0.25) is 0 Å². The summed E-state index contributed by atoms with van der Waals surface area (Å²) in [4.78, 5) is 0. The van der Waals surface area contributed by atoms with Gasteiger partial charge in [-0.1, -0.05) is 24.6 Å². The highest BCUT2D eigenvalue weighted by atomic mass is 16.5. The molecule has 3 heteroatoms. The molecule has 0 amide bonds. The summed E-state index contributed by atoms with van der Waals surface area (Å²) in [6.07, 6.45) is 2.92. The van der Waals surface area contributed by atoms with Gasteiger partial charge in [0.25, 0.3) is 0 Å². The van der Waals surface area contributed by atoms with Gasteiger partial charge < -0.3 is 15.2 Å². The highest BCUT2D eigenvalue weighted by Gasteiger charge is 2.21. The van der Waals surface area contributed by atoms with Crippen LogP contribution in [0, 0.1) is 6.92 Å². The van der Waals surface area contributed by atoms with Crippen molar-refractivity contribution in [2.75, 3.05) is 19.8 Å². The van der Waals surface area contributed by atoms with Crippen LogP contribution in [0.15, 0.2) is 24.3 Å². The normalized spacial score (nSPS) is 14.1. The van der Waals surface area contributed by atoms with Crippen molar-refractivity contribution in [2.24, 2.45) is 0 Å². The van der Waals surface area contributed by atoms with E-state index in [4.69, 9.17) is 4.74 Å². The van der Waals surface area contributed by atoms with E-state index in [2.05, 4.69) is 38.2 Å². The molecule has 0 bridgehead atoms. The molecular formula is C16H27NO2. The lowest BCUT2D eigenvalue weighted by Gasteiger charge is -2.28. The summed E-state index contributed by atoms with van der Waals surface area (Å²) in [7, 11) is 0. The molecule has 0 aliphatic carbocycles. The Bertz CT molecular complexity index is 350. The molecule has 0 aliphatic heterocycles. The fourth-order valence-electron chi connectivity index (χ4n) is 1.94. The third-order valence-electron chi connectivity index (χ3n) is 3.31. The molecule has 0 saturated heterocycles. The van der Waals surface area contributed by atoms with Crippen LogP contribution in [0.5, 0.6) is 5.75 Å². The van der Waals surface area contributed by atoms with Gasteiger partial charge in [-0.15, -0.1) is 0 Å². The Morgan fingerprint density at radius 3 is 2.53 bits per heavy atom. The lowest BCUT2D eigenvalue weighted by atomic mass is 9.97. The van der Waals surface area contributed by atoms with Gasteiger partial charge in [0.2, 0.25) is 0 Å². The summed E-state index contributed by atoms with van der Waals surface area (Å²) in [5, 5.41) is 12.9. The fraction of sp³-hybridized carbons (Fsp3) is 0.625. The Balaban J connectivity index is 2.26. The molecule has 0 heterocycles. The summed E-state index contributed by atoms with van der Waals surface area (Å²) < 4.78 is 5.70. The molecule has 1 atom stereocenters.